The highest BCUT2D eigenvalue weighted by molar-refractivity contribution is 5.14. The van der Waals surface area contributed by atoms with Gasteiger partial charge in [-0.25, -0.2) is 0 Å². The van der Waals surface area contributed by atoms with Crippen LogP contribution in [0.2, 0.25) is 0 Å². The van der Waals surface area contributed by atoms with Gasteiger partial charge in [-0.1, -0.05) is 42.5 Å². The molecular weight excluding hydrogens is 256 g/mol. The van der Waals surface area contributed by atoms with Gasteiger partial charge in [0, 0.05) is 12.6 Å². The number of benzene rings is 1. The Morgan fingerprint density at radius 3 is 2.52 bits per heavy atom. The van der Waals surface area contributed by atoms with Crippen molar-refractivity contribution in [1.82, 2.24) is 10.2 Å². The predicted molar refractivity (Wildman–Crippen MR) is 89.2 cm³/mol. The van der Waals surface area contributed by atoms with Crippen molar-refractivity contribution in [2.45, 2.75) is 44.7 Å². The first-order valence-electron chi connectivity index (χ1n) is 8.55. The van der Waals surface area contributed by atoms with E-state index in [1.165, 1.54) is 57.3 Å². The van der Waals surface area contributed by atoms with Gasteiger partial charge in [0.1, 0.15) is 0 Å². The molecule has 0 unspecified atom stereocenters. The summed E-state index contributed by atoms with van der Waals surface area (Å²) >= 11 is 0. The van der Waals surface area contributed by atoms with E-state index in [4.69, 9.17) is 0 Å². The van der Waals surface area contributed by atoms with E-state index >= 15 is 0 Å². The van der Waals surface area contributed by atoms with Gasteiger partial charge in [-0.15, -0.1) is 0 Å². The highest BCUT2D eigenvalue weighted by Crippen LogP contribution is 2.19. The van der Waals surface area contributed by atoms with E-state index in [2.05, 4.69) is 52.7 Å². The zero-order valence-electron chi connectivity index (χ0n) is 13.0. The topological polar surface area (TPSA) is 15.3 Å². The van der Waals surface area contributed by atoms with Crippen molar-refractivity contribution in [1.29, 1.82) is 0 Å². The fourth-order valence-electron chi connectivity index (χ4n) is 3.51. The van der Waals surface area contributed by atoms with E-state index in [0.717, 1.165) is 18.5 Å². The van der Waals surface area contributed by atoms with Crippen LogP contribution in [0.5, 0.6) is 0 Å². The van der Waals surface area contributed by atoms with E-state index in [0.29, 0.717) is 0 Å². The predicted octanol–water partition coefficient (Wildman–Crippen LogP) is 3.60. The summed E-state index contributed by atoms with van der Waals surface area (Å²) in [5, 5.41) is 3.82. The lowest BCUT2D eigenvalue weighted by molar-refractivity contribution is 0.187. The molecule has 1 atom stereocenters. The monoisotopic (exact) mass is 284 g/mol. The molecule has 1 aliphatic carbocycles. The number of likely N-dealkylation sites (tertiary alicyclic amines) is 1. The Morgan fingerprint density at radius 1 is 1.00 bits per heavy atom. The maximum absolute atomic E-state index is 3.82. The smallest absolute Gasteiger partial charge is 0.0233 e. The second-order valence-electron chi connectivity index (χ2n) is 6.59. The van der Waals surface area contributed by atoms with Crippen LogP contribution in [-0.2, 0) is 6.54 Å². The third-order valence-electron chi connectivity index (χ3n) is 4.91. The quantitative estimate of drug-likeness (QED) is 0.831. The van der Waals surface area contributed by atoms with E-state index < -0.39 is 0 Å². The van der Waals surface area contributed by atoms with Gasteiger partial charge in [0.25, 0.3) is 0 Å². The standard InChI is InChI=1S/C19H28N2/c1-3-7-17(8-4-1)15-20-19-11-13-21(14-12-19)16-18-9-5-2-6-10-18/h1-3,5-6,9-10,17,19-20H,4,7-8,11-16H2/t17-/m0/s1. The maximum atomic E-state index is 3.82. The second-order valence-corrected chi connectivity index (χ2v) is 6.59. The van der Waals surface area contributed by atoms with Crippen molar-refractivity contribution in [3.05, 3.63) is 48.0 Å². The molecule has 0 aromatic heterocycles. The van der Waals surface area contributed by atoms with Crippen LogP contribution < -0.4 is 5.32 Å². The molecule has 1 aliphatic heterocycles. The number of rotatable bonds is 5. The van der Waals surface area contributed by atoms with Crippen LogP contribution in [-0.4, -0.2) is 30.6 Å². The van der Waals surface area contributed by atoms with Crippen LogP contribution in [0.4, 0.5) is 0 Å². The minimum atomic E-state index is 0.739. The molecular formula is C19H28N2. The normalized spacial score (nSPS) is 24.3. The van der Waals surface area contributed by atoms with Gasteiger partial charge in [-0.2, -0.15) is 0 Å². The molecule has 1 saturated heterocycles. The first-order chi connectivity index (χ1) is 10.4. The molecule has 0 saturated carbocycles. The molecule has 1 fully saturated rings. The highest BCUT2D eigenvalue weighted by atomic mass is 15.1. The Labute approximate surface area is 129 Å². The van der Waals surface area contributed by atoms with E-state index in [1.807, 2.05) is 0 Å². The van der Waals surface area contributed by atoms with Crippen molar-refractivity contribution in [3.8, 4) is 0 Å². The molecule has 0 bridgehead atoms. The van der Waals surface area contributed by atoms with Crippen molar-refractivity contribution in [2.75, 3.05) is 19.6 Å². The Morgan fingerprint density at radius 2 is 1.81 bits per heavy atom. The molecule has 1 heterocycles. The number of piperidine rings is 1. The zero-order valence-corrected chi connectivity index (χ0v) is 13.0. The van der Waals surface area contributed by atoms with Gasteiger partial charge in [-0.05, 0) is 63.2 Å². The van der Waals surface area contributed by atoms with Crippen LogP contribution in [0.15, 0.2) is 42.5 Å². The summed E-state index contributed by atoms with van der Waals surface area (Å²) in [5.74, 6) is 0.873. The second kappa shape index (κ2) is 7.77. The number of nitrogens with zero attached hydrogens (tertiary/aromatic N) is 1. The number of nitrogens with one attached hydrogen (secondary N) is 1. The molecule has 1 aromatic rings. The van der Waals surface area contributed by atoms with Crippen molar-refractivity contribution < 1.29 is 0 Å². The van der Waals surface area contributed by atoms with Gasteiger partial charge >= 0.3 is 0 Å². The van der Waals surface area contributed by atoms with Crippen molar-refractivity contribution >= 4 is 0 Å². The molecule has 21 heavy (non-hydrogen) atoms. The van der Waals surface area contributed by atoms with Gasteiger partial charge in [0.2, 0.25) is 0 Å². The maximum Gasteiger partial charge on any atom is 0.0233 e. The average Bonchev–Trinajstić information content (AvgIpc) is 2.56. The van der Waals surface area contributed by atoms with Crippen molar-refractivity contribution in [3.63, 3.8) is 0 Å². The summed E-state index contributed by atoms with van der Waals surface area (Å²) < 4.78 is 0. The largest absolute Gasteiger partial charge is 0.314 e. The fourth-order valence-corrected chi connectivity index (χ4v) is 3.51. The number of hydrogen-bond acceptors (Lipinski definition) is 2. The average molecular weight is 284 g/mol. The SMILES string of the molecule is C1=CC[C@H](CNC2CCN(Cc3ccccc3)CC2)CC1. The van der Waals surface area contributed by atoms with E-state index in [-0.39, 0.29) is 0 Å². The summed E-state index contributed by atoms with van der Waals surface area (Å²) in [6, 6.07) is 11.6. The summed E-state index contributed by atoms with van der Waals surface area (Å²) in [5.41, 5.74) is 1.44. The summed E-state index contributed by atoms with van der Waals surface area (Å²) in [4.78, 5) is 2.59. The molecule has 2 heteroatoms. The third kappa shape index (κ3) is 4.69. The summed E-state index contributed by atoms with van der Waals surface area (Å²) in [6.07, 6.45) is 11.2. The lowest BCUT2D eigenvalue weighted by atomic mass is 9.93. The van der Waals surface area contributed by atoms with Crippen LogP contribution in [0, 0.1) is 5.92 Å². The molecule has 0 amide bonds. The van der Waals surface area contributed by atoms with Crippen LogP contribution >= 0.6 is 0 Å². The molecule has 2 nitrogen and oxygen atoms in total. The van der Waals surface area contributed by atoms with Gasteiger partial charge in [-0.3, -0.25) is 4.90 Å². The van der Waals surface area contributed by atoms with Crippen LogP contribution in [0.1, 0.15) is 37.7 Å². The third-order valence-corrected chi connectivity index (χ3v) is 4.91. The minimum Gasteiger partial charge on any atom is -0.314 e. The molecule has 3 rings (SSSR count). The lowest BCUT2D eigenvalue weighted by Gasteiger charge is -2.33. The van der Waals surface area contributed by atoms with E-state index in [1.54, 1.807) is 0 Å². The first-order valence-corrected chi connectivity index (χ1v) is 8.55. The zero-order chi connectivity index (χ0) is 14.3. The number of hydrogen-bond donors (Lipinski definition) is 1. The fraction of sp³-hybridized carbons (Fsp3) is 0.579. The highest BCUT2D eigenvalue weighted by Gasteiger charge is 2.20. The van der Waals surface area contributed by atoms with E-state index in [9.17, 15) is 0 Å². The number of allylic oxidation sites excluding steroid dienone is 2. The molecule has 0 spiro atoms. The Bertz CT molecular complexity index is 432. The Balaban J connectivity index is 1.36. The minimum absolute atomic E-state index is 0.739. The molecule has 114 valence electrons. The summed E-state index contributed by atoms with van der Waals surface area (Å²) in [6.45, 7) is 4.79. The van der Waals surface area contributed by atoms with Gasteiger partial charge in [0.05, 0.1) is 0 Å². The Hall–Kier alpha value is -1.12. The molecule has 0 radical (unpaired) electrons. The van der Waals surface area contributed by atoms with Gasteiger partial charge in [0.15, 0.2) is 0 Å². The van der Waals surface area contributed by atoms with Crippen LogP contribution in [0.3, 0.4) is 0 Å². The first kappa shape index (κ1) is 14.8. The molecule has 2 aliphatic rings. The molecule has 1 N–H and O–H groups in total. The van der Waals surface area contributed by atoms with Gasteiger partial charge < -0.3 is 5.32 Å². The summed E-state index contributed by atoms with van der Waals surface area (Å²) in [7, 11) is 0. The van der Waals surface area contributed by atoms with Crippen molar-refractivity contribution in [2.24, 2.45) is 5.92 Å². The Kier molecular flexibility index (Phi) is 5.47. The van der Waals surface area contributed by atoms with Crippen LogP contribution in [0.25, 0.3) is 0 Å². The molecule has 1 aromatic carbocycles. The lowest BCUT2D eigenvalue weighted by Crippen LogP contribution is -2.43.